The highest BCUT2D eigenvalue weighted by Gasteiger charge is 2.14. The second-order valence-electron chi connectivity index (χ2n) is 3.55. The van der Waals surface area contributed by atoms with Gasteiger partial charge in [0.25, 0.3) is 6.43 Å². The number of hydrogen-bond acceptors (Lipinski definition) is 2. The molecule has 94 valence electrons. The van der Waals surface area contributed by atoms with Gasteiger partial charge in [-0.3, -0.25) is 0 Å². The topological polar surface area (TPSA) is 61.1 Å². The van der Waals surface area contributed by atoms with E-state index in [4.69, 9.17) is 10.4 Å². The summed E-state index contributed by atoms with van der Waals surface area (Å²) in [7, 11) is 0. The van der Waals surface area contributed by atoms with Crippen LogP contribution in [0.5, 0.6) is 0 Å². The second kappa shape index (κ2) is 6.50. The van der Waals surface area contributed by atoms with Crippen molar-refractivity contribution in [2.75, 3.05) is 0 Å². The summed E-state index contributed by atoms with van der Waals surface area (Å²) in [5.74, 6) is -1.20. The van der Waals surface area contributed by atoms with Crippen LogP contribution in [-0.2, 0) is 11.2 Å². The van der Waals surface area contributed by atoms with Crippen molar-refractivity contribution in [3.05, 3.63) is 41.0 Å². The minimum absolute atomic E-state index is 0.185. The van der Waals surface area contributed by atoms with Crippen LogP contribution in [0.15, 0.2) is 24.3 Å². The molecule has 0 bridgehead atoms. The van der Waals surface area contributed by atoms with Gasteiger partial charge in [-0.25, -0.2) is 13.6 Å². The molecule has 0 saturated carbocycles. The van der Waals surface area contributed by atoms with Crippen LogP contribution < -0.4 is 0 Å². The van der Waals surface area contributed by atoms with Gasteiger partial charge >= 0.3 is 5.97 Å². The molecule has 1 aromatic rings. The molecule has 0 amide bonds. The van der Waals surface area contributed by atoms with Gasteiger partial charge in [0.2, 0.25) is 0 Å². The van der Waals surface area contributed by atoms with E-state index < -0.39 is 12.4 Å². The fraction of sp³-hybridized carbons (Fsp3) is 0.231. The smallest absolute Gasteiger partial charge is 0.328 e. The van der Waals surface area contributed by atoms with Gasteiger partial charge < -0.3 is 5.11 Å². The summed E-state index contributed by atoms with van der Waals surface area (Å²) in [5, 5.41) is 17.0. The van der Waals surface area contributed by atoms with Crippen molar-refractivity contribution in [1.82, 2.24) is 0 Å². The molecule has 0 unspecified atom stereocenters. The van der Waals surface area contributed by atoms with Crippen molar-refractivity contribution in [3.8, 4) is 6.07 Å². The molecule has 0 saturated heterocycles. The molecule has 1 N–H and O–H groups in total. The number of aliphatic carboxylic acids is 1. The Morgan fingerprint density at radius 3 is 2.78 bits per heavy atom. The van der Waals surface area contributed by atoms with E-state index in [1.165, 1.54) is 12.1 Å². The van der Waals surface area contributed by atoms with E-state index in [0.29, 0.717) is 12.0 Å². The number of carboxylic acids is 1. The van der Waals surface area contributed by atoms with Crippen molar-refractivity contribution in [1.29, 1.82) is 5.26 Å². The van der Waals surface area contributed by atoms with Gasteiger partial charge in [-0.1, -0.05) is 18.2 Å². The summed E-state index contributed by atoms with van der Waals surface area (Å²) in [6.45, 7) is 0. The van der Waals surface area contributed by atoms with E-state index in [0.717, 1.165) is 12.2 Å². The normalized spacial score (nSPS) is 10.8. The molecular formula is C13H11F2NO2. The van der Waals surface area contributed by atoms with Gasteiger partial charge in [0.1, 0.15) is 0 Å². The summed E-state index contributed by atoms with van der Waals surface area (Å²) in [5.41, 5.74) is 0.514. The zero-order valence-electron chi connectivity index (χ0n) is 9.44. The van der Waals surface area contributed by atoms with E-state index in [9.17, 15) is 13.6 Å². The average molecular weight is 251 g/mol. The first-order chi connectivity index (χ1) is 8.56. The number of alkyl halides is 2. The monoisotopic (exact) mass is 251 g/mol. The Hall–Kier alpha value is -2.22. The number of hydrogen-bond donors (Lipinski definition) is 1. The van der Waals surface area contributed by atoms with E-state index in [-0.39, 0.29) is 17.5 Å². The van der Waals surface area contributed by atoms with Gasteiger partial charge in [0, 0.05) is 18.1 Å². The zero-order chi connectivity index (χ0) is 13.5. The predicted molar refractivity (Wildman–Crippen MR) is 62.0 cm³/mol. The number of carbonyl (C=O) groups is 1. The Kier molecular flexibility index (Phi) is 5.00. The molecule has 0 aromatic heterocycles. The molecule has 0 aliphatic carbocycles. The van der Waals surface area contributed by atoms with Gasteiger partial charge in [0.15, 0.2) is 0 Å². The molecule has 0 radical (unpaired) electrons. The van der Waals surface area contributed by atoms with Crippen LogP contribution in [0.1, 0.15) is 29.5 Å². The maximum absolute atomic E-state index is 12.8. The number of nitrogens with zero attached hydrogens (tertiary/aromatic N) is 1. The largest absolute Gasteiger partial charge is 0.478 e. The van der Waals surface area contributed by atoms with Crippen molar-refractivity contribution >= 4 is 12.0 Å². The van der Waals surface area contributed by atoms with Crippen LogP contribution in [0.3, 0.4) is 0 Å². The summed E-state index contributed by atoms with van der Waals surface area (Å²) >= 11 is 0. The van der Waals surface area contributed by atoms with Crippen LogP contribution in [0.4, 0.5) is 8.78 Å². The molecule has 0 fully saturated rings. The molecule has 0 spiro atoms. The van der Waals surface area contributed by atoms with Gasteiger partial charge in [0.05, 0.1) is 6.07 Å². The maximum atomic E-state index is 12.8. The van der Waals surface area contributed by atoms with Crippen LogP contribution >= 0.6 is 0 Å². The number of benzene rings is 1. The highest BCUT2D eigenvalue weighted by Crippen LogP contribution is 2.27. The third-order valence-electron chi connectivity index (χ3n) is 2.36. The number of nitriles is 1. The Morgan fingerprint density at radius 1 is 1.50 bits per heavy atom. The number of rotatable bonds is 5. The first kappa shape index (κ1) is 13.8. The minimum atomic E-state index is -2.68. The molecule has 0 heterocycles. The van der Waals surface area contributed by atoms with Crippen LogP contribution in [0, 0.1) is 11.3 Å². The lowest BCUT2D eigenvalue weighted by Crippen LogP contribution is -1.97. The minimum Gasteiger partial charge on any atom is -0.478 e. The second-order valence-corrected chi connectivity index (χ2v) is 3.55. The molecular weight excluding hydrogens is 240 g/mol. The molecule has 0 atom stereocenters. The summed E-state index contributed by atoms with van der Waals surface area (Å²) in [6.07, 6.45) is -0.203. The van der Waals surface area contributed by atoms with E-state index in [2.05, 4.69) is 0 Å². The van der Waals surface area contributed by atoms with Crippen molar-refractivity contribution in [2.24, 2.45) is 0 Å². The lowest BCUT2D eigenvalue weighted by Gasteiger charge is -2.10. The first-order valence-corrected chi connectivity index (χ1v) is 5.24. The molecule has 0 aliphatic heterocycles. The third-order valence-corrected chi connectivity index (χ3v) is 2.36. The van der Waals surface area contributed by atoms with Crippen LogP contribution in [-0.4, -0.2) is 11.1 Å². The average Bonchev–Trinajstić information content (AvgIpc) is 2.33. The number of halogens is 2. The SMILES string of the molecule is N#CCCc1cccc(C(F)F)c1/C=C/C(=O)O. The van der Waals surface area contributed by atoms with Crippen molar-refractivity contribution in [3.63, 3.8) is 0 Å². The predicted octanol–water partition coefficient (Wildman–Crippen LogP) is 3.18. The zero-order valence-corrected chi connectivity index (χ0v) is 9.44. The fourth-order valence-corrected chi connectivity index (χ4v) is 1.59. The standard InChI is InChI=1S/C13H11F2NO2/c14-13(15)11-5-1-3-9(4-2-8-16)10(11)6-7-12(17)18/h1,3,5-7,13H,2,4H2,(H,17,18)/b7-6+. The van der Waals surface area contributed by atoms with Crippen molar-refractivity contribution < 1.29 is 18.7 Å². The first-order valence-electron chi connectivity index (χ1n) is 5.24. The maximum Gasteiger partial charge on any atom is 0.328 e. The quantitative estimate of drug-likeness (QED) is 0.817. The Labute approximate surface area is 103 Å². The molecule has 5 heteroatoms. The fourth-order valence-electron chi connectivity index (χ4n) is 1.59. The van der Waals surface area contributed by atoms with Gasteiger partial charge in [-0.2, -0.15) is 5.26 Å². The molecule has 1 aromatic carbocycles. The highest BCUT2D eigenvalue weighted by molar-refractivity contribution is 5.86. The Balaban J connectivity index is 3.21. The lowest BCUT2D eigenvalue weighted by molar-refractivity contribution is -0.131. The van der Waals surface area contributed by atoms with E-state index >= 15 is 0 Å². The third kappa shape index (κ3) is 3.67. The molecule has 0 aliphatic rings. The lowest BCUT2D eigenvalue weighted by atomic mass is 9.97. The summed E-state index contributed by atoms with van der Waals surface area (Å²) in [4.78, 5) is 10.5. The van der Waals surface area contributed by atoms with Gasteiger partial charge in [-0.15, -0.1) is 0 Å². The molecule has 18 heavy (non-hydrogen) atoms. The van der Waals surface area contributed by atoms with E-state index in [1.807, 2.05) is 6.07 Å². The molecule has 3 nitrogen and oxygen atoms in total. The number of carboxylic acid groups (broad SMARTS) is 1. The van der Waals surface area contributed by atoms with Gasteiger partial charge in [-0.05, 0) is 23.6 Å². The highest BCUT2D eigenvalue weighted by atomic mass is 19.3. The molecule has 1 rings (SSSR count). The summed E-state index contributed by atoms with van der Waals surface area (Å²) < 4.78 is 25.6. The van der Waals surface area contributed by atoms with Crippen molar-refractivity contribution in [2.45, 2.75) is 19.3 Å². The Morgan fingerprint density at radius 2 is 2.22 bits per heavy atom. The summed E-state index contributed by atoms with van der Waals surface area (Å²) in [6, 6.07) is 6.28. The van der Waals surface area contributed by atoms with E-state index in [1.54, 1.807) is 6.07 Å². The van der Waals surface area contributed by atoms with Crippen LogP contribution in [0.25, 0.3) is 6.08 Å². The Bertz CT molecular complexity index is 504. The van der Waals surface area contributed by atoms with Crippen LogP contribution in [0.2, 0.25) is 0 Å². The number of aryl methyl sites for hydroxylation is 1.